The first-order valence-electron chi connectivity index (χ1n) is 5.26. The predicted molar refractivity (Wildman–Crippen MR) is 63.0 cm³/mol. The van der Waals surface area contributed by atoms with Gasteiger partial charge in [-0.3, -0.25) is 9.78 Å². The SMILES string of the molecule is CCCn1nncc1C(=O)c1ccncc1Cl. The van der Waals surface area contributed by atoms with Gasteiger partial charge in [-0.2, -0.15) is 0 Å². The number of halogens is 1. The molecule has 0 spiro atoms. The summed E-state index contributed by atoms with van der Waals surface area (Å²) in [4.78, 5) is 16.1. The maximum absolute atomic E-state index is 12.2. The minimum atomic E-state index is -0.184. The number of carbonyl (C=O) groups is 1. The molecule has 0 fully saturated rings. The Morgan fingerprint density at radius 1 is 1.47 bits per heavy atom. The highest BCUT2D eigenvalue weighted by atomic mass is 35.5. The molecule has 2 aromatic rings. The van der Waals surface area contributed by atoms with Gasteiger partial charge in [-0.25, -0.2) is 4.68 Å². The number of rotatable bonds is 4. The van der Waals surface area contributed by atoms with Gasteiger partial charge in [0, 0.05) is 24.5 Å². The average Bonchev–Trinajstić information content (AvgIpc) is 2.78. The molecular formula is C11H11ClN4O. The van der Waals surface area contributed by atoms with Crippen molar-refractivity contribution >= 4 is 17.4 Å². The van der Waals surface area contributed by atoms with Gasteiger partial charge in [-0.15, -0.1) is 5.10 Å². The fourth-order valence-corrected chi connectivity index (χ4v) is 1.71. The molecule has 0 radical (unpaired) electrons. The second-order valence-electron chi connectivity index (χ2n) is 3.53. The number of hydrogen-bond donors (Lipinski definition) is 0. The quantitative estimate of drug-likeness (QED) is 0.779. The maximum Gasteiger partial charge on any atom is 0.214 e. The molecule has 2 heterocycles. The second-order valence-corrected chi connectivity index (χ2v) is 3.93. The molecule has 0 N–H and O–H groups in total. The molecule has 0 unspecified atom stereocenters. The van der Waals surface area contributed by atoms with Crippen LogP contribution < -0.4 is 0 Å². The molecule has 0 aromatic carbocycles. The third kappa shape index (κ3) is 2.34. The van der Waals surface area contributed by atoms with Crippen LogP contribution >= 0.6 is 11.6 Å². The largest absolute Gasteiger partial charge is 0.287 e. The zero-order chi connectivity index (χ0) is 12.3. The van der Waals surface area contributed by atoms with Gasteiger partial charge in [-0.1, -0.05) is 23.7 Å². The van der Waals surface area contributed by atoms with Crippen LogP contribution in [0.1, 0.15) is 29.4 Å². The Bertz CT molecular complexity index is 538. The van der Waals surface area contributed by atoms with Crippen LogP contribution in [0.2, 0.25) is 5.02 Å². The first-order chi connectivity index (χ1) is 8.24. The van der Waals surface area contributed by atoms with Crippen LogP contribution in [0, 0.1) is 0 Å². The number of pyridine rings is 1. The van der Waals surface area contributed by atoms with Crippen molar-refractivity contribution in [2.45, 2.75) is 19.9 Å². The summed E-state index contributed by atoms with van der Waals surface area (Å²) in [6.45, 7) is 2.67. The standard InChI is InChI=1S/C11H11ClN4O/c1-2-5-16-10(7-14-15-16)11(17)8-3-4-13-6-9(8)12/h3-4,6-7H,2,5H2,1H3. The fraction of sp³-hybridized carbons (Fsp3) is 0.273. The third-order valence-corrected chi connectivity index (χ3v) is 2.60. The van der Waals surface area contributed by atoms with Crippen molar-refractivity contribution < 1.29 is 4.79 Å². The molecule has 5 nitrogen and oxygen atoms in total. The monoisotopic (exact) mass is 250 g/mol. The van der Waals surface area contributed by atoms with Gasteiger partial charge in [0.25, 0.3) is 0 Å². The normalized spacial score (nSPS) is 10.5. The highest BCUT2D eigenvalue weighted by Gasteiger charge is 2.17. The van der Waals surface area contributed by atoms with Crippen LogP contribution in [0.3, 0.4) is 0 Å². The Balaban J connectivity index is 2.37. The van der Waals surface area contributed by atoms with E-state index in [0.29, 0.717) is 22.8 Å². The zero-order valence-corrected chi connectivity index (χ0v) is 10.1. The summed E-state index contributed by atoms with van der Waals surface area (Å²) in [5.74, 6) is -0.184. The lowest BCUT2D eigenvalue weighted by Crippen LogP contribution is -2.12. The molecule has 0 aliphatic rings. The van der Waals surface area contributed by atoms with E-state index in [-0.39, 0.29) is 5.78 Å². The van der Waals surface area contributed by atoms with Gasteiger partial charge >= 0.3 is 0 Å². The Morgan fingerprint density at radius 3 is 3.00 bits per heavy atom. The molecule has 88 valence electrons. The lowest BCUT2D eigenvalue weighted by molar-refractivity contribution is 0.102. The molecule has 0 amide bonds. The number of aromatic nitrogens is 4. The van der Waals surface area contributed by atoms with Crippen molar-refractivity contribution in [3.63, 3.8) is 0 Å². The molecular weight excluding hydrogens is 240 g/mol. The van der Waals surface area contributed by atoms with E-state index >= 15 is 0 Å². The first kappa shape index (κ1) is 11.7. The van der Waals surface area contributed by atoms with Gasteiger partial charge in [0.15, 0.2) is 0 Å². The van der Waals surface area contributed by atoms with Gasteiger partial charge in [-0.05, 0) is 12.5 Å². The van der Waals surface area contributed by atoms with Crippen molar-refractivity contribution in [2.24, 2.45) is 0 Å². The zero-order valence-electron chi connectivity index (χ0n) is 9.30. The summed E-state index contributed by atoms with van der Waals surface area (Å²) >= 11 is 5.93. The maximum atomic E-state index is 12.2. The van der Waals surface area contributed by atoms with Gasteiger partial charge in [0.05, 0.1) is 11.2 Å². The Kier molecular flexibility index (Phi) is 3.49. The summed E-state index contributed by atoms with van der Waals surface area (Å²) in [5.41, 5.74) is 0.862. The second kappa shape index (κ2) is 5.05. The molecule has 0 atom stereocenters. The molecule has 0 aliphatic heterocycles. The molecule has 0 aliphatic carbocycles. The Hall–Kier alpha value is -1.75. The number of nitrogens with zero attached hydrogens (tertiary/aromatic N) is 4. The van der Waals surface area contributed by atoms with E-state index in [2.05, 4.69) is 15.3 Å². The lowest BCUT2D eigenvalue weighted by Gasteiger charge is -2.04. The van der Waals surface area contributed by atoms with E-state index in [9.17, 15) is 4.79 Å². The summed E-state index contributed by atoms with van der Waals surface area (Å²) in [5, 5.41) is 7.95. The van der Waals surface area contributed by atoms with E-state index in [0.717, 1.165) is 6.42 Å². The highest BCUT2D eigenvalue weighted by molar-refractivity contribution is 6.34. The molecule has 6 heteroatoms. The van der Waals surface area contributed by atoms with Crippen LogP contribution in [-0.2, 0) is 6.54 Å². The van der Waals surface area contributed by atoms with Crippen molar-refractivity contribution in [1.29, 1.82) is 0 Å². The molecule has 0 saturated heterocycles. The van der Waals surface area contributed by atoms with E-state index < -0.39 is 0 Å². The molecule has 2 rings (SSSR count). The number of carbonyl (C=O) groups excluding carboxylic acids is 1. The average molecular weight is 251 g/mol. The third-order valence-electron chi connectivity index (χ3n) is 2.30. The molecule has 0 saturated carbocycles. The molecule has 0 bridgehead atoms. The van der Waals surface area contributed by atoms with Gasteiger partial charge in [0.1, 0.15) is 5.69 Å². The minimum Gasteiger partial charge on any atom is -0.287 e. The van der Waals surface area contributed by atoms with Gasteiger partial charge in [0.2, 0.25) is 5.78 Å². The smallest absolute Gasteiger partial charge is 0.214 e. The minimum absolute atomic E-state index is 0.184. The summed E-state index contributed by atoms with van der Waals surface area (Å²) in [6.07, 6.45) is 5.32. The number of hydrogen-bond acceptors (Lipinski definition) is 4. The van der Waals surface area contributed by atoms with Crippen LogP contribution in [0.5, 0.6) is 0 Å². The van der Waals surface area contributed by atoms with Crippen LogP contribution in [0.15, 0.2) is 24.7 Å². The molecule has 2 aromatic heterocycles. The van der Waals surface area contributed by atoms with E-state index in [1.165, 1.54) is 18.6 Å². The number of aryl methyl sites for hydroxylation is 1. The van der Waals surface area contributed by atoms with E-state index in [1.807, 2.05) is 6.92 Å². The fourth-order valence-electron chi connectivity index (χ4n) is 1.51. The predicted octanol–water partition coefficient (Wildman–Crippen LogP) is 1.97. The Morgan fingerprint density at radius 2 is 2.29 bits per heavy atom. The van der Waals surface area contributed by atoms with Crippen LogP contribution in [0.25, 0.3) is 0 Å². The summed E-state index contributed by atoms with van der Waals surface area (Å²) < 4.78 is 1.58. The van der Waals surface area contributed by atoms with Gasteiger partial charge < -0.3 is 0 Å². The van der Waals surface area contributed by atoms with E-state index in [4.69, 9.17) is 11.6 Å². The summed E-state index contributed by atoms with van der Waals surface area (Å²) in [6, 6.07) is 1.59. The van der Waals surface area contributed by atoms with Crippen molar-refractivity contribution in [3.05, 3.63) is 40.9 Å². The first-order valence-corrected chi connectivity index (χ1v) is 5.64. The van der Waals surface area contributed by atoms with Crippen molar-refractivity contribution in [2.75, 3.05) is 0 Å². The number of ketones is 1. The topological polar surface area (TPSA) is 60.7 Å². The van der Waals surface area contributed by atoms with Crippen molar-refractivity contribution in [3.8, 4) is 0 Å². The van der Waals surface area contributed by atoms with Crippen LogP contribution in [-0.4, -0.2) is 25.8 Å². The highest BCUT2D eigenvalue weighted by Crippen LogP contribution is 2.17. The summed E-state index contributed by atoms with van der Waals surface area (Å²) in [7, 11) is 0. The van der Waals surface area contributed by atoms with E-state index in [1.54, 1.807) is 10.7 Å². The van der Waals surface area contributed by atoms with Crippen molar-refractivity contribution in [1.82, 2.24) is 20.0 Å². The van der Waals surface area contributed by atoms with Crippen LogP contribution in [0.4, 0.5) is 0 Å². The Labute approximate surface area is 103 Å². The lowest BCUT2D eigenvalue weighted by atomic mass is 10.1. The molecule has 17 heavy (non-hydrogen) atoms.